The van der Waals surface area contributed by atoms with Crippen molar-refractivity contribution in [1.82, 2.24) is 5.48 Å². The zero-order chi connectivity index (χ0) is 10.5. The zero-order valence-corrected chi connectivity index (χ0v) is 8.31. The van der Waals surface area contributed by atoms with Crippen LogP contribution in [0.2, 0.25) is 0 Å². The summed E-state index contributed by atoms with van der Waals surface area (Å²) in [5.74, 6) is 1.74. The summed E-state index contributed by atoms with van der Waals surface area (Å²) in [7, 11) is 0. The molecule has 15 heavy (non-hydrogen) atoms. The highest BCUT2D eigenvalue weighted by atomic mass is 16.5. The van der Waals surface area contributed by atoms with E-state index in [2.05, 4.69) is 5.48 Å². The minimum Gasteiger partial charge on any atom is -0.461 e. The van der Waals surface area contributed by atoms with Crippen molar-refractivity contribution in [2.75, 3.05) is 6.54 Å². The summed E-state index contributed by atoms with van der Waals surface area (Å²) in [5, 5.41) is 8.46. The third kappa shape index (κ3) is 2.46. The molecule has 0 bridgehead atoms. The van der Waals surface area contributed by atoms with E-state index in [-0.39, 0.29) is 0 Å². The molecular weight excluding hydrogens is 190 g/mol. The van der Waals surface area contributed by atoms with Crippen LogP contribution in [0.15, 0.2) is 46.9 Å². The van der Waals surface area contributed by atoms with E-state index >= 15 is 0 Å². The molecule has 2 aromatic rings. The van der Waals surface area contributed by atoms with E-state index in [0.717, 1.165) is 17.1 Å². The van der Waals surface area contributed by atoms with Gasteiger partial charge in [-0.05, 0) is 12.1 Å². The van der Waals surface area contributed by atoms with Gasteiger partial charge in [-0.3, -0.25) is 0 Å². The lowest BCUT2D eigenvalue weighted by molar-refractivity contribution is 0.166. The second kappa shape index (κ2) is 4.77. The first-order chi connectivity index (χ1) is 7.40. The molecule has 1 aromatic heterocycles. The van der Waals surface area contributed by atoms with Crippen molar-refractivity contribution >= 4 is 0 Å². The average Bonchev–Trinajstić information content (AvgIpc) is 2.76. The molecule has 2 rings (SSSR count). The number of hydrogen-bond acceptors (Lipinski definition) is 3. The molecule has 0 radical (unpaired) electrons. The van der Waals surface area contributed by atoms with Crippen LogP contribution in [0.1, 0.15) is 5.76 Å². The Hall–Kier alpha value is -1.58. The van der Waals surface area contributed by atoms with Crippen LogP contribution in [0.5, 0.6) is 0 Å². The molecular formula is C12H13NO2. The Kier molecular flexibility index (Phi) is 3.17. The first-order valence-corrected chi connectivity index (χ1v) is 4.91. The number of hydrogen-bond donors (Lipinski definition) is 2. The molecule has 0 aliphatic heterocycles. The molecule has 0 spiro atoms. The molecule has 0 saturated carbocycles. The molecule has 2 N–H and O–H groups in total. The zero-order valence-electron chi connectivity index (χ0n) is 8.31. The van der Waals surface area contributed by atoms with E-state index in [1.165, 1.54) is 0 Å². The van der Waals surface area contributed by atoms with Gasteiger partial charge in [-0.2, -0.15) is 0 Å². The Labute approximate surface area is 88.3 Å². The van der Waals surface area contributed by atoms with Crippen LogP contribution in [-0.2, 0) is 6.42 Å². The minimum absolute atomic E-state index is 0.502. The monoisotopic (exact) mass is 203 g/mol. The number of rotatable bonds is 4. The summed E-state index contributed by atoms with van der Waals surface area (Å²) in [6.45, 7) is 0.502. The Balaban J connectivity index is 2.14. The molecule has 1 heterocycles. The molecule has 78 valence electrons. The first-order valence-electron chi connectivity index (χ1n) is 4.91. The number of nitrogens with one attached hydrogen (secondary N) is 1. The van der Waals surface area contributed by atoms with Gasteiger partial charge in [0.1, 0.15) is 11.5 Å². The maximum Gasteiger partial charge on any atom is 0.134 e. The molecule has 0 aliphatic rings. The van der Waals surface area contributed by atoms with Crippen molar-refractivity contribution in [3.8, 4) is 11.3 Å². The van der Waals surface area contributed by atoms with Gasteiger partial charge in [-0.25, -0.2) is 5.48 Å². The van der Waals surface area contributed by atoms with Crippen molar-refractivity contribution in [1.29, 1.82) is 0 Å². The topological polar surface area (TPSA) is 45.4 Å². The van der Waals surface area contributed by atoms with Gasteiger partial charge < -0.3 is 9.62 Å². The van der Waals surface area contributed by atoms with Crippen LogP contribution >= 0.6 is 0 Å². The van der Waals surface area contributed by atoms with Crippen LogP contribution < -0.4 is 5.48 Å². The van der Waals surface area contributed by atoms with Gasteiger partial charge in [0.25, 0.3) is 0 Å². The minimum atomic E-state index is 0.502. The molecule has 0 amide bonds. The van der Waals surface area contributed by atoms with E-state index in [0.29, 0.717) is 13.0 Å². The fourth-order valence-electron chi connectivity index (χ4n) is 1.45. The normalized spacial score (nSPS) is 10.5. The number of benzene rings is 1. The SMILES string of the molecule is ONCCc1ccc(-c2ccccc2)o1. The molecule has 0 saturated heterocycles. The van der Waals surface area contributed by atoms with Crippen LogP contribution in [0.25, 0.3) is 11.3 Å². The van der Waals surface area contributed by atoms with Gasteiger partial charge in [-0.1, -0.05) is 30.3 Å². The first kappa shape index (κ1) is 9.96. The van der Waals surface area contributed by atoms with E-state index in [1.54, 1.807) is 0 Å². The van der Waals surface area contributed by atoms with Crippen LogP contribution in [-0.4, -0.2) is 11.8 Å². The molecule has 0 aliphatic carbocycles. The molecule has 3 nitrogen and oxygen atoms in total. The lowest BCUT2D eigenvalue weighted by atomic mass is 10.2. The van der Waals surface area contributed by atoms with Crippen LogP contribution in [0.4, 0.5) is 0 Å². The summed E-state index contributed by atoms with van der Waals surface area (Å²) in [4.78, 5) is 0. The Morgan fingerprint density at radius 3 is 2.60 bits per heavy atom. The number of hydroxylamine groups is 1. The quantitative estimate of drug-likeness (QED) is 0.750. The van der Waals surface area contributed by atoms with Crippen molar-refractivity contribution in [2.45, 2.75) is 6.42 Å². The van der Waals surface area contributed by atoms with Crippen molar-refractivity contribution in [2.24, 2.45) is 0 Å². The van der Waals surface area contributed by atoms with Gasteiger partial charge in [0.2, 0.25) is 0 Å². The summed E-state index contributed by atoms with van der Waals surface area (Å²) in [6.07, 6.45) is 0.684. The van der Waals surface area contributed by atoms with E-state index in [1.807, 2.05) is 42.5 Å². The van der Waals surface area contributed by atoms with Gasteiger partial charge >= 0.3 is 0 Å². The van der Waals surface area contributed by atoms with Crippen molar-refractivity contribution in [3.05, 3.63) is 48.2 Å². The Morgan fingerprint density at radius 2 is 1.87 bits per heavy atom. The smallest absolute Gasteiger partial charge is 0.134 e. The summed E-state index contributed by atoms with van der Waals surface area (Å²) < 4.78 is 5.62. The molecule has 0 atom stereocenters. The van der Waals surface area contributed by atoms with Crippen molar-refractivity contribution in [3.63, 3.8) is 0 Å². The molecule has 3 heteroatoms. The number of furan rings is 1. The standard InChI is InChI=1S/C12H13NO2/c14-13-9-8-11-6-7-12(15-11)10-4-2-1-3-5-10/h1-7,13-14H,8-9H2. The van der Waals surface area contributed by atoms with Crippen molar-refractivity contribution < 1.29 is 9.62 Å². The van der Waals surface area contributed by atoms with Crippen LogP contribution in [0.3, 0.4) is 0 Å². The Bertz CT molecular complexity index is 409. The van der Waals surface area contributed by atoms with E-state index in [9.17, 15) is 0 Å². The lowest BCUT2D eigenvalue weighted by Crippen LogP contribution is -2.10. The summed E-state index contributed by atoms with van der Waals surface area (Å²) in [6, 6.07) is 13.8. The highest BCUT2D eigenvalue weighted by Crippen LogP contribution is 2.21. The maximum atomic E-state index is 8.46. The highest BCUT2D eigenvalue weighted by molar-refractivity contribution is 5.57. The highest BCUT2D eigenvalue weighted by Gasteiger charge is 2.03. The molecule has 0 fully saturated rings. The molecule has 1 aromatic carbocycles. The van der Waals surface area contributed by atoms with Gasteiger partial charge in [0, 0.05) is 18.5 Å². The predicted octanol–water partition coefficient (Wildman–Crippen LogP) is 2.47. The van der Waals surface area contributed by atoms with Gasteiger partial charge in [-0.15, -0.1) is 0 Å². The Morgan fingerprint density at radius 1 is 1.07 bits per heavy atom. The van der Waals surface area contributed by atoms with Crippen LogP contribution in [0, 0.1) is 0 Å². The second-order valence-corrected chi connectivity index (χ2v) is 3.29. The third-order valence-corrected chi connectivity index (χ3v) is 2.20. The largest absolute Gasteiger partial charge is 0.461 e. The van der Waals surface area contributed by atoms with Gasteiger partial charge in [0.15, 0.2) is 0 Å². The molecule has 0 unspecified atom stereocenters. The maximum absolute atomic E-state index is 8.46. The fraction of sp³-hybridized carbons (Fsp3) is 0.167. The van der Waals surface area contributed by atoms with E-state index < -0.39 is 0 Å². The summed E-state index contributed by atoms with van der Waals surface area (Å²) in [5.41, 5.74) is 3.18. The lowest BCUT2D eigenvalue weighted by Gasteiger charge is -1.96. The average molecular weight is 203 g/mol. The second-order valence-electron chi connectivity index (χ2n) is 3.29. The van der Waals surface area contributed by atoms with E-state index in [4.69, 9.17) is 9.62 Å². The fourth-order valence-corrected chi connectivity index (χ4v) is 1.45. The summed E-state index contributed by atoms with van der Waals surface area (Å²) >= 11 is 0. The van der Waals surface area contributed by atoms with Gasteiger partial charge in [0.05, 0.1) is 0 Å². The predicted molar refractivity (Wildman–Crippen MR) is 57.6 cm³/mol. The third-order valence-electron chi connectivity index (χ3n) is 2.20.